The van der Waals surface area contributed by atoms with Crippen LogP contribution in [0.25, 0.3) is 0 Å². The zero-order chi connectivity index (χ0) is 13.7. The molecule has 0 aromatic heterocycles. The van der Waals surface area contributed by atoms with Crippen molar-refractivity contribution in [3.63, 3.8) is 0 Å². The van der Waals surface area contributed by atoms with Crippen molar-refractivity contribution in [1.82, 2.24) is 5.32 Å². The summed E-state index contributed by atoms with van der Waals surface area (Å²) in [4.78, 5) is 0. The number of nitrogens with one attached hydrogen (secondary N) is 1. The smallest absolute Gasteiger partial charge is 0.123 e. The van der Waals surface area contributed by atoms with E-state index < -0.39 is 0 Å². The second-order valence-corrected chi connectivity index (χ2v) is 6.38. The molecule has 1 aromatic carbocycles. The van der Waals surface area contributed by atoms with Crippen LogP contribution in [0.1, 0.15) is 51.0 Å². The van der Waals surface area contributed by atoms with Gasteiger partial charge in [-0.05, 0) is 48.9 Å². The summed E-state index contributed by atoms with van der Waals surface area (Å²) in [5, 5.41) is 3.63. The van der Waals surface area contributed by atoms with Gasteiger partial charge in [-0.2, -0.15) is 0 Å². The molecule has 0 radical (unpaired) electrons. The van der Waals surface area contributed by atoms with Crippen LogP contribution in [0.3, 0.4) is 0 Å². The van der Waals surface area contributed by atoms with Crippen molar-refractivity contribution >= 4 is 15.9 Å². The third kappa shape index (κ3) is 4.28. The molecule has 2 rings (SSSR count). The van der Waals surface area contributed by atoms with Gasteiger partial charge in [0, 0.05) is 17.1 Å². The molecule has 0 heterocycles. The number of rotatable bonds is 5. The van der Waals surface area contributed by atoms with Crippen LogP contribution in [-0.2, 0) is 6.54 Å². The van der Waals surface area contributed by atoms with E-state index in [1.165, 1.54) is 38.2 Å². The molecule has 1 aliphatic rings. The van der Waals surface area contributed by atoms with E-state index in [0.717, 1.165) is 28.9 Å². The first-order valence-corrected chi connectivity index (χ1v) is 8.17. The molecule has 0 saturated heterocycles. The minimum absolute atomic E-state index is 0.161. The Morgan fingerprint density at radius 2 is 2.05 bits per heavy atom. The van der Waals surface area contributed by atoms with Gasteiger partial charge in [-0.3, -0.25) is 0 Å². The third-order valence-corrected chi connectivity index (χ3v) is 4.99. The molecule has 1 fully saturated rings. The Balaban J connectivity index is 1.93. The van der Waals surface area contributed by atoms with E-state index >= 15 is 0 Å². The number of hydrogen-bond acceptors (Lipinski definition) is 1. The maximum absolute atomic E-state index is 13.3. The molecule has 1 N–H and O–H groups in total. The topological polar surface area (TPSA) is 12.0 Å². The van der Waals surface area contributed by atoms with Gasteiger partial charge in [0.05, 0.1) is 0 Å². The molecule has 0 aliphatic heterocycles. The Morgan fingerprint density at radius 3 is 2.74 bits per heavy atom. The van der Waals surface area contributed by atoms with Gasteiger partial charge >= 0.3 is 0 Å². The average molecular weight is 328 g/mol. The summed E-state index contributed by atoms with van der Waals surface area (Å²) in [5.74, 6) is 0.636. The number of halogens is 2. The molecule has 3 heteroatoms. The van der Waals surface area contributed by atoms with Gasteiger partial charge in [0.1, 0.15) is 5.82 Å². The van der Waals surface area contributed by atoms with Crippen molar-refractivity contribution in [3.8, 4) is 0 Å². The number of benzene rings is 1. The summed E-state index contributed by atoms with van der Waals surface area (Å²) in [6.45, 7) is 2.99. The highest BCUT2D eigenvalue weighted by atomic mass is 79.9. The fourth-order valence-electron chi connectivity index (χ4n) is 3.10. The Labute approximate surface area is 124 Å². The minimum atomic E-state index is -0.161. The molecule has 1 unspecified atom stereocenters. The molecular weight excluding hydrogens is 305 g/mol. The van der Waals surface area contributed by atoms with Crippen molar-refractivity contribution in [2.45, 2.75) is 58.0 Å². The Kier molecular flexibility index (Phi) is 5.83. The van der Waals surface area contributed by atoms with E-state index in [0.29, 0.717) is 6.04 Å². The second-order valence-electron chi connectivity index (χ2n) is 5.53. The van der Waals surface area contributed by atoms with E-state index in [1.54, 1.807) is 12.1 Å². The Hall–Kier alpha value is -0.410. The van der Waals surface area contributed by atoms with Crippen LogP contribution in [0.15, 0.2) is 22.7 Å². The van der Waals surface area contributed by atoms with Gasteiger partial charge in [0.15, 0.2) is 0 Å². The molecule has 0 bridgehead atoms. The predicted octanol–water partition coefficient (Wildman–Crippen LogP) is 5.04. The zero-order valence-electron chi connectivity index (χ0n) is 11.6. The quantitative estimate of drug-likeness (QED) is 0.799. The minimum Gasteiger partial charge on any atom is -0.310 e. The standard InChI is InChI=1S/C16H23BrFN/c1-2-16(12-6-4-3-5-7-12)19-11-13-10-14(18)8-9-15(13)17/h8-10,12,16,19H,2-7,11H2,1H3. The summed E-state index contributed by atoms with van der Waals surface area (Å²) >= 11 is 3.49. The molecule has 19 heavy (non-hydrogen) atoms. The van der Waals surface area contributed by atoms with E-state index in [-0.39, 0.29) is 5.82 Å². The second kappa shape index (κ2) is 7.39. The Bertz CT molecular complexity index is 402. The van der Waals surface area contributed by atoms with E-state index in [4.69, 9.17) is 0 Å². The largest absolute Gasteiger partial charge is 0.310 e. The fraction of sp³-hybridized carbons (Fsp3) is 0.625. The van der Waals surface area contributed by atoms with Gasteiger partial charge < -0.3 is 5.32 Å². The summed E-state index contributed by atoms with van der Waals surface area (Å²) in [6, 6.07) is 5.46. The van der Waals surface area contributed by atoms with Gasteiger partial charge in [-0.15, -0.1) is 0 Å². The monoisotopic (exact) mass is 327 g/mol. The predicted molar refractivity (Wildman–Crippen MR) is 81.6 cm³/mol. The summed E-state index contributed by atoms with van der Waals surface area (Å²) in [5.41, 5.74) is 1.01. The van der Waals surface area contributed by atoms with Crippen molar-refractivity contribution in [2.24, 2.45) is 5.92 Å². The maximum atomic E-state index is 13.3. The summed E-state index contributed by atoms with van der Waals surface area (Å²) < 4.78 is 14.2. The molecule has 0 amide bonds. The van der Waals surface area contributed by atoms with Crippen molar-refractivity contribution in [3.05, 3.63) is 34.1 Å². The Morgan fingerprint density at radius 1 is 1.32 bits per heavy atom. The zero-order valence-corrected chi connectivity index (χ0v) is 13.2. The van der Waals surface area contributed by atoms with E-state index in [9.17, 15) is 4.39 Å². The van der Waals surface area contributed by atoms with Crippen LogP contribution in [0.4, 0.5) is 4.39 Å². The lowest BCUT2D eigenvalue weighted by Gasteiger charge is -2.30. The molecule has 106 valence electrons. The van der Waals surface area contributed by atoms with Crippen LogP contribution < -0.4 is 5.32 Å². The molecule has 0 spiro atoms. The van der Waals surface area contributed by atoms with Crippen LogP contribution >= 0.6 is 15.9 Å². The molecular formula is C16H23BrFN. The highest BCUT2D eigenvalue weighted by Crippen LogP contribution is 2.28. The first-order valence-electron chi connectivity index (χ1n) is 7.38. The van der Waals surface area contributed by atoms with Gasteiger partial charge in [0.25, 0.3) is 0 Å². The van der Waals surface area contributed by atoms with Gasteiger partial charge in [-0.25, -0.2) is 4.39 Å². The fourth-order valence-corrected chi connectivity index (χ4v) is 3.49. The SMILES string of the molecule is CCC(NCc1cc(F)ccc1Br)C1CCCCC1. The van der Waals surface area contributed by atoms with Crippen LogP contribution in [0.5, 0.6) is 0 Å². The van der Waals surface area contributed by atoms with Crippen LogP contribution in [-0.4, -0.2) is 6.04 Å². The lowest BCUT2D eigenvalue weighted by molar-refractivity contribution is 0.261. The van der Waals surface area contributed by atoms with Crippen molar-refractivity contribution < 1.29 is 4.39 Å². The van der Waals surface area contributed by atoms with Gasteiger partial charge in [0.2, 0.25) is 0 Å². The average Bonchev–Trinajstić information content (AvgIpc) is 2.44. The third-order valence-electron chi connectivity index (χ3n) is 4.22. The van der Waals surface area contributed by atoms with Crippen LogP contribution in [0.2, 0.25) is 0 Å². The highest BCUT2D eigenvalue weighted by molar-refractivity contribution is 9.10. The first-order chi connectivity index (χ1) is 9.20. The molecule has 1 aromatic rings. The van der Waals surface area contributed by atoms with E-state index in [1.807, 2.05) is 0 Å². The molecule has 1 aliphatic carbocycles. The van der Waals surface area contributed by atoms with Crippen molar-refractivity contribution in [1.29, 1.82) is 0 Å². The first kappa shape index (κ1) is 15.0. The van der Waals surface area contributed by atoms with Gasteiger partial charge in [-0.1, -0.05) is 42.1 Å². The van der Waals surface area contributed by atoms with Crippen LogP contribution in [0, 0.1) is 11.7 Å². The molecule has 1 atom stereocenters. The highest BCUT2D eigenvalue weighted by Gasteiger charge is 2.21. The lowest BCUT2D eigenvalue weighted by Crippen LogP contribution is -2.36. The molecule has 1 nitrogen and oxygen atoms in total. The lowest BCUT2D eigenvalue weighted by atomic mass is 9.83. The summed E-state index contributed by atoms with van der Waals surface area (Å²) in [7, 11) is 0. The normalized spacial score (nSPS) is 18.5. The summed E-state index contributed by atoms with van der Waals surface area (Å²) in [6.07, 6.45) is 7.96. The van der Waals surface area contributed by atoms with Crippen molar-refractivity contribution in [2.75, 3.05) is 0 Å². The molecule has 1 saturated carbocycles. The maximum Gasteiger partial charge on any atom is 0.123 e. The number of hydrogen-bond donors (Lipinski definition) is 1. The van der Waals surface area contributed by atoms with E-state index in [2.05, 4.69) is 28.2 Å².